The van der Waals surface area contributed by atoms with E-state index in [0.717, 1.165) is 19.4 Å². The average molecular weight is 254 g/mol. The molecule has 1 aliphatic carbocycles. The van der Waals surface area contributed by atoms with Gasteiger partial charge in [-0.1, -0.05) is 19.8 Å². The van der Waals surface area contributed by atoms with E-state index in [2.05, 4.69) is 10.6 Å². The van der Waals surface area contributed by atoms with Crippen LogP contribution in [-0.4, -0.2) is 35.6 Å². The molecule has 4 atom stereocenters. The molecule has 0 bridgehead atoms. The van der Waals surface area contributed by atoms with Crippen LogP contribution in [0.1, 0.15) is 39.0 Å². The van der Waals surface area contributed by atoms with Crippen LogP contribution < -0.4 is 10.6 Å². The first-order valence-electron chi connectivity index (χ1n) is 6.90. The fourth-order valence-electron chi connectivity index (χ4n) is 3.28. The lowest BCUT2D eigenvalue weighted by Crippen LogP contribution is -2.50. The highest BCUT2D eigenvalue weighted by Gasteiger charge is 2.42. The summed E-state index contributed by atoms with van der Waals surface area (Å²) in [5, 5.41) is 15.0. The second-order valence-electron chi connectivity index (χ2n) is 5.43. The lowest BCUT2D eigenvalue weighted by Gasteiger charge is -2.20. The highest BCUT2D eigenvalue weighted by atomic mass is 16.4. The molecule has 1 amide bonds. The third kappa shape index (κ3) is 2.66. The van der Waals surface area contributed by atoms with Crippen LogP contribution in [0.4, 0.5) is 0 Å². The van der Waals surface area contributed by atoms with E-state index in [-0.39, 0.29) is 11.9 Å². The van der Waals surface area contributed by atoms with Gasteiger partial charge < -0.3 is 15.7 Å². The van der Waals surface area contributed by atoms with Crippen LogP contribution in [-0.2, 0) is 9.59 Å². The summed E-state index contributed by atoms with van der Waals surface area (Å²) in [6.45, 7) is 2.82. The van der Waals surface area contributed by atoms with Crippen molar-refractivity contribution >= 4 is 11.9 Å². The number of hydrogen-bond acceptors (Lipinski definition) is 3. The van der Waals surface area contributed by atoms with Gasteiger partial charge in [-0.25, -0.2) is 4.79 Å². The Morgan fingerprint density at radius 1 is 1.44 bits per heavy atom. The predicted octanol–water partition coefficient (Wildman–Crippen LogP) is 0.744. The molecule has 0 aromatic carbocycles. The number of nitrogens with one attached hydrogen (secondary N) is 2. The van der Waals surface area contributed by atoms with E-state index in [1.807, 2.05) is 6.92 Å². The zero-order valence-electron chi connectivity index (χ0n) is 10.8. The van der Waals surface area contributed by atoms with Crippen molar-refractivity contribution in [3.05, 3.63) is 0 Å². The number of amides is 1. The molecule has 0 radical (unpaired) electrons. The fourth-order valence-corrected chi connectivity index (χ4v) is 3.28. The largest absolute Gasteiger partial charge is 0.480 e. The summed E-state index contributed by atoms with van der Waals surface area (Å²) in [5.74, 6) is -0.0623. The summed E-state index contributed by atoms with van der Waals surface area (Å²) < 4.78 is 0. The lowest BCUT2D eigenvalue weighted by molar-refractivity contribution is -0.142. The van der Waals surface area contributed by atoms with E-state index in [0.29, 0.717) is 18.3 Å². The normalized spacial score (nSPS) is 31.9. The van der Waals surface area contributed by atoms with Gasteiger partial charge in [-0.3, -0.25) is 4.79 Å². The molecule has 3 unspecified atom stereocenters. The van der Waals surface area contributed by atoms with E-state index < -0.39 is 12.0 Å². The van der Waals surface area contributed by atoms with Crippen LogP contribution in [0.2, 0.25) is 0 Å². The molecule has 2 fully saturated rings. The van der Waals surface area contributed by atoms with Crippen LogP contribution >= 0.6 is 0 Å². The number of aliphatic carboxylic acids is 1. The molecule has 0 aromatic rings. The Morgan fingerprint density at radius 2 is 2.22 bits per heavy atom. The Labute approximate surface area is 107 Å². The summed E-state index contributed by atoms with van der Waals surface area (Å²) in [7, 11) is 0. The van der Waals surface area contributed by atoms with Gasteiger partial charge in [0, 0.05) is 0 Å². The second kappa shape index (κ2) is 5.69. The minimum absolute atomic E-state index is 0.134. The van der Waals surface area contributed by atoms with Gasteiger partial charge in [0.05, 0.1) is 6.04 Å². The van der Waals surface area contributed by atoms with Crippen LogP contribution in [0.5, 0.6) is 0 Å². The number of fused-ring (bicyclic) bond motifs is 1. The fraction of sp³-hybridized carbons (Fsp3) is 0.846. The Morgan fingerprint density at radius 3 is 2.89 bits per heavy atom. The van der Waals surface area contributed by atoms with Gasteiger partial charge in [-0.2, -0.15) is 0 Å². The number of carbonyl (C=O) groups excluding carboxylic acids is 1. The van der Waals surface area contributed by atoms with E-state index in [1.54, 1.807) is 0 Å². The van der Waals surface area contributed by atoms with Crippen molar-refractivity contribution in [2.75, 3.05) is 6.54 Å². The van der Waals surface area contributed by atoms with Crippen molar-refractivity contribution in [3.8, 4) is 0 Å². The zero-order valence-corrected chi connectivity index (χ0v) is 10.8. The van der Waals surface area contributed by atoms with Gasteiger partial charge in [0.25, 0.3) is 0 Å². The van der Waals surface area contributed by atoms with Gasteiger partial charge in [0.2, 0.25) is 5.91 Å². The monoisotopic (exact) mass is 254 g/mol. The number of carboxylic acids is 1. The van der Waals surface area contributed by atoms with Crippen LogP contribution in [0.3, 0.4) is 0 Å². The van der Waals surface area contributed by atoms with Gasteiger partial charge in [0.1, 0.15) is 6.04 Å². The van der Waals surface area contributed by atoms with Gasteiger partial charge in [-0.15, -0.1) is 0 Å². The van der Waals surface area contributed by atoms with Gasteiger partial charge in [-0.05, 0) is 37.6 Å². The maximum atomic E-state index is 12.1. The summed E-state index contributed by atoms with van der Waals surface area (Å²) in [4.78, 5) is 23.2. The molecule has 1 saturated heterocycles. The average Bonchev–Trinajstić information content (AvgIpc) is 2.89. The topological polar surface area (TPSA) is 78.4 Å². The van der Waals surface area contributed by atoms with Crippen molar-refractivity contribution < 1.29 is 14.7 Å². The molecule has 18 heavy (non-hydrogen) atoms. The molecule has 1 saturated carbocycles. The molecular weight excluding hydrogens is 232 g/mol. The first kappa shape index (κ1) is 13.3. The van der Waals surface area contributed by atoms with E-state index in [1.165, 1.54) is 12.8 Å². The third-order valence-electron chi connectivity index (χ3n) is 4.22. The minimum Gasteiger partial charge on any atom is -0.480 e. The maximum Gasteiger partial charge on any atom is 0.326 e. The van der Waals surface area contributed by atoms with E-state index >= 15 is 0 Å². The van der Waals surface area contributed by atoms with E-state index in [4.69, 9.17) is 5.11 Å². The van der Waals surface area contributed by atoms with Crippen molar-refractivity contribution in [3.63, 3.8) is 0 Å². The smallest absolute Gasteiger partial charge is 0.326 e. The number of rotatable bonds is 5. The van der Waals surface area contributed by atoms with Gasteiger partial charge in [0.15, 0.2) is 0 Å². The highest BCUT2D eigenvalue weighted by Crippen LogP contribution is 2.37. The SMILES string of the molecule is CCC[C@@H](NC(=O)C1NCC2CCCC21)C(=O)O. The Hall–Kier alpha value is -1.10. The van der Waals surface area contributed by atoms with E-state index in [9.17, 15) is 9.59 Å². The highest BCUT2D eigenvalue weighted by molar-refractivity contribution is 5.87. The standard InChI is InChI=1S/C13H22N2O3/c1-2-4-10(13(17)18)15-12(16)11-9-6-3-5-8(9)7-14-11/h8-11,14H,2-7H2,1H3,(H,15,16)(H,17,18)/t8?,9?,10-,11?/m1/s1. The van der Waals surface area contributed by atoms with Crippen molar-refractivity contribution in [2.45, 2.75) is 51.1 Å². The zero-order chi connectivity index (χ0) is 13.1. The number of hydrogen-bond donors (Lipinski definition) is 3. The molecule has 0 aromatic heterocycles. The molecule has 5 heteroatoms. The van der Waals surface area contributed by atoms with Crippen LogP contribution in [0.25, 0.3) is 0 Å². The first-order valence-corrected chi connectivity index (χ1v) is 6.90. The molecular formula is C13H22N2O3. The van der Waals surface area contributed by atoms with Crippen LogP contribution in [0, 0.1) is 11.8 Å². The molecule has 5 nitrogen and oxygen atoms in total. The maximum absolute atomic E-state index is 12.1. The second-order valence-corrected chi connectivity index (χ2v) is 5.43. The summed E-state index contributed by atoms with van der Waals surface area (Å²) in [6, 6.07) is -0.930. The molecule has 2 aliphatic rings. The molecule has 1 aliphatic heterocycles. The number of carbonyl (C=O) groups is 2. The quantitative estimate of drug-likeness (QED) is 0.676. The first-order chi connectivity index (χ1) is 8.63. The predicted molar refractivity (Wildman–Crippen MR) is 67.1 cm³/mol. The summed E-state index contributed by atoms with van der Waals surface area (Å²) in [5.41, 5.74) is 0. The van der Waals surface area contributed by atoms with Crippen molar-refractivity contribution in [1.29, 1.82) is 0 Å². The molecule has 3 N–H and O–H groups in total. The lowest BCUT2D eigenvalue weighted by atomic mass is 9.93. The molecule has 1 heterocycles. The Kier molecular flexibility index (Phi) is 4.22. The summed E-state index contributed by atoms with van der Waals surface area (Å²) >= 11 is 0. The van der Waals surface area contributed by atoms with Gasteiger partial charge >= 0.3 is 5.97 Å². The van der Waals surface area contributed by atoms with Crippen molar-refractivity contribution in [2.24, 2.45) is 11.8 Å². The minimum atomic E-state index is -0.939. The Balaban J connectivity index is 1.92. The van der Waals surface area contributed by atoms with Crippen LogP contribution in [0.15, 0.2) is 0 Å². The summed E-state index contributed by atoms with van der Waals surface area (Å²) in [6.07, 6.45) is 4.71. The molecule has 2 rings (SSSR count). The molecule has 102 valence electrons. The third-order valence-corrected chi connectivity index (χ3v) is 4.22. The Bertz CT molecular complexity index is 332. The number of carboxylic acid groups (broad SMARTS) is 1. The molecule has 0 spiro atoms. The van der Waals surface area contributed by atoms with Crippen molar-refractivity contribution in [1.82, 2.24) is 10.6 Å².